The SMILES string of the molecule is COc1ccc(F)cc1C1CC(C)CCC1CNC(C)C. The fraction of sp³-hybridized carbons (Fsp3) is 0.667. The van der Waals surface area contributed by atoms with E-state index in [1.54, 1.807) is 19.2 Å². The Hall–Kier alpha value is -1.09. The minimum atomic E-state index is -0.167. The number of rotatable bonds is 5. The van der Waals surface area contributed by atoms with Gasteiger partial charge in [0.15, 0.2) is 0 Å². The van der Waals surface area contributed by atoms with Gasteiger partial charge in [-0.1, -0.05) is 27.2 Å². The maximum absolute atomic E-state index is 13.7. The molecule has 0 radical (unpaired) electrons. The first-order valence-corrected chi connectivity index (χ1v) is 8.08. The van der Waals surface area contributed by atoms with E-state index in [9.17, 15) is 4.39 Å². The van der Waals surface area contributed by atoms with Crippen LogP contribution in [-0.4, -0.2) is 19.7 Å². The molecule has 1 aromatic rings. The van der Waals surface area contributed by atoms with Crippen molar-refractivity contribution in [3.63, 3.8) is 0 Å². The second-order valence-corrected chi connectivity index (χ2v) is 6.73. The smallest absolute Gasteiger partial charge is 0.123 e. The van der Waals surface area contributed by atoms with Crippen LogP contribution in [0.2, 0.25) is 0 Å². The van der Waals surface area contributed by atoms with Gasteiger partial charge in [0.2, 0.25) is 0 Å². The van der Waals surface area contributed by atoms with Gasteiger partial charge in [0.1, 0.15) is 11.6 Å². The second-order valence-electron chi connectivity index (χ2n) is 6.73. The number of hydrogen-bond donors (Lipinski definition) is 1. The van der Waals surface area contributed by atoms with Gasteiger partial charge >= 0.3 is 0 Å². The topological polar surface area (TPSA) is 21.3 Å². The molecule has 118 valence electrons. The van der Waals surface area contributed by atoms with Crippen molar-refractivity contribution in [2.45, 2.75) is 52.0 Å². The van der Waals surface area contributed by atoms with Crippen molar-refractivity contribution in [1.82, 2.24) is 5.32 Å². The number of halogens is 1. The summed E-state index contributed by atoms with van der Waals surface area (Å²) in [6.07, 6.45) is 3.58. The third kappa shape index (κ3) is 4.19. The monoisotopic (exact) mass is 293 g/mol. The zero-order valence-corrected chi connectivity index (χ0v) is 13.7. The number of benzene rings is 1. The van der Waals surface area contributed by atoms with Crippen molar-refractivity contribution in [1.29, 1.82) is 0 Å². The molecule has 0 amide bonds. The minimum absolute atomic E-state index is 0.167. The molecule has 3 heteroatoms. The van der Waals surface area contributed by atoms with Crippen molar-refractivity contribution >= 4 is 0 Å². The van der Waals surface area contributed by atoms with E-state index >= 15 is 0 Å². The molecule has 21 heavy (non-hydrogen) atoms. The average Bonchev–Trinajstić information content (AvgIpc) is 2.45. The standard InChI is InChI=1S/C18H28FNO/c1-12(2)20-11-14-6-5-13(3)9-16(14)17-10-15(19)7-8-18(17)21-4/h7-8,10,12-14,16,20H,5-6,9,11H2,1-4H3. The zero-order valence-electron chi connectivity index (χ0n) is 13.7. The van der Waals surface area contributed by atoms with Crippen LogP contribution in [-0.2, 0) is 0 Å². The summed E-state index contributed by atoms with van der Waals surface area (Å²) in [5.74, 6) is 2.29. The number of hydrogen-bond acceptors (Lipinski definition) is 2. The van der Waals surface area contributed by atoms with E-state index in [2.05, 4.69) is 26.1 Å². The highest BCUT2D eigenvalue weighted by Gasteiger charge is 2.31. The molecule has 1 saturated carbocycles. The Bertz CT molecular complexity index is 461. The molecule has 3 atom stereocenters. The van der Waals surface area contributed by atoms with Crippen LogP contribution in [0, 0.1) is 17.7 Å². The molecule has 0 spiro atoms. The van der Waals surface area contributed by atoms with Crippen molar-refractivity contribution in [3.05, 3.63) is 29.6 Å². The molecular formula is C18H28FNO. The molecule has 1 aliphatic rings. The molecule has 0 aliphatic heterocycles. The van der Waals surface area contributed by atoms with Crippen LogP contribution in [0.25, 0.3) is 0 Å². The molecular weight excluding hydrogens is 265 g/mol. The predicted molar refractivity (Wildman–Crippen MR) is 85.3 cm³/mol. The van der Waals surface area contributed by atoms with Gasteiger partial charge in [0, 0.05) is 11.6 Å². The van der Waals surface area contributed by atoms with Crippen LogP contribution in [0.15, 0.2) is 18.2 Å². The fourth-order valence-corrected chi connectivity index (χ4v) is 3.45. The Morgan fingerprint density at radius 3 is 2.76 bits per heavy atom. The molecule has 0 aromatic heterocycles. The van der Waals surface area contributed by atoms with E-state index in [-0.39, 0.29) is 5.82 Å². The third-order valence-corrected chi connectivity index (χ3v) is 4.64. The van der Waals surface area contributed by atoms with Gasteiger partial charge in [-0.25, -0.2) is 4.39 Å². The van der Waals surface area contributed by atoms with Crippen molar-refractivity contribution in [2.75, 3.05) is 13.7 Å². The highest BCUT2D eigenvalue weighted by atomic mass is 19.1. The lowest BCUT2D eigenvalue weighted by Crippen LogP contribution is -2.34. The fourth-order valence-electron chi connectivity index (χ4n) is 3.45. The highest BCUT2D eigenvalue weighted by Crippen LogP contribution is 2.43. The van der Waals surface area contributed by atoms with Crippen LogP contribution in [0.3, 0.4) is 0 Å². The molecule has 1 aliphatic carbocycles. The van der Waals surface area contributed by atoms with E-state index in [0.717, 1.165) is 24.3 Å². The Kier molecular flexibility index (Phi) is 5.63. The lowest BCUT2D eigenvalue weighted by atomic mass is 9.71. The van der Waals surface area contributed by atoms with Crippen LogP contribution in [0.4, 0.5) is 4.39 Å². The van der Waals surface area contributed by atoms with Crippen molar-refractivity contribution < 1.29 is 9.13 Å². The van der Waals surface area contributed by atoms with E-state index in [1.807, 2.05) is 0 Å². The van der Waals surface area contributed by atoms with Gasteiger partial charge in [0.05, 0.1) is 7.11 Å². The summed E-state index contributed by atoms with van der Waals surface area (Å²) in [6.45, 7) is 7.63. The first-order chi connectivity index (χ1) is 10.0. The van der Waals surface area contributed by atoms with Gasteiger partial charge in [-0.15, -0.1) is 0 Å². The number of ether oxygens (including phenoxy) is 1. The van der Waals surface area contributed by atoms with Gasteiger partial charge in [-0.3, -0.25) is 0 Å². The Morgan fingerprint density at radius 1 is 1.33 bits per heavy atom. The maximum Gasteiger partial charge on any atom is 0.123 e. The van der Waals surface area contributed by atoms with Crippen LogP contribution in [0.5, 0.6) is 5.75 Å². The maximum atomic E-state index is 13.7. The summed E-state index contributed by atoms with van der Waals surface area (Å²) in [5.41, 5.74) is 1.04. The second kappa shape index (κ2) is 7.26. The molecule has 1 fully saturated rings. The zero-order chi connectivity index (χ0) is 15.4. The van der Waals surface area contributed by atoms with Crippen molar-refractivity contribution in [2.24, 2.45) is 11.8 Å². The third-order valence-electron chi connectivity index (χ3n) is 4.64. The number of methoxy groups -OCH3 is 1. The van der Waals surface area contributed by atoms with Crippen molar-refractivity contribution in [3.8, 4) is 5.75 Å². The van der Waals surface area contributed by atoms with Crippen LogP contribution >= 0.6 is 0 Å². The molecule has 0 heterocycles. The highest BCUT2D eigenvalue weighted by molar-refractivity contribution is 5.37. The van der Waals surface area contributed by atoms with E-state index in [1.165, 1.54) is 18.9 Å². The van der Waals surface area contributed by atoms with Crippen LogP contribution in [0.1, 0.15) is 51.5 Å². The first kappa shape index (κ1) is 16.3. The molecule has 0 saturated heterocycles. The summed E-state index contributed by atoms with van der Waals surface area (Å²) in [7, 11) is 1.67. The summed E-state index contributed by atoms with van der Waals surface area (Å²) in [4.78, 5) is 0. The van der Waals surface area contributed by atoms with Gasteiger partial charge < -0.3 is 10.1 Å². The molecule has 1 aromatic carbocycles. The summed E-state index contributed by atoms with van der Waals surface area (Å²) < 4.78 is 19.2. The average molecular weight is 293 g/mol. The van der Waals surface area contributed by atoms with Gasteiger partial charge in [-0.2, -0.15) is 0 Å². The van der Waals surface area contributed by atoms with Crippen LogP contribution < -0.4 is 10.1 Å². The number of nitrogens with one attached hydrogen (secondary N) is 1. The van der Waals surface area contributed by atoms with E-state index in [4.69, 9.17) is 4.74 Å². The molecule has 2 rings (SSSR count). The Labute approximate surface area is 128 Å². The van der Waals surface area contributed by atoms with Gasteiger partial charge in [0.25, 0.3) is 0 Å². The van der Waals surface area contributed by atoms with E-state index < -0.39 is 0 Å². The normalized spacial score (nSPS) is 26.1. The molecule has 2 nitrogen and oxygen atoms in total. The first-order valence-electron chi connectivity index (χ1n) is 8.08. The van der Waals surface area contributed by atoms with E-state index in [0.29, 0.717) is 23.8 Å². The summed E-state index contributed by atoms with van der Waals surface area (Å²) in [5, 5.41) is 3.55. The summed E-state index contributed by atoms with van der Waals surface area (Å²) in [6, 6.07) is 5.40. The minimum Gasteiger partial charge on any atom is -0.496 e. The Balaban J connectivity index is 2.25. The lowest BCUT2D eigenvalue weighted by molar-refractivity contribution is 0.233. The lowest BCUT2D eigenvalue weighted by Gasteiger charge is -2.36. The Morgan fingerprint density at radius 2 is 2.10 bits per heavy atom. The quantitative estimate of drug-likeness (QED) is 0.871. The summed E-state index contributed by atoms with van der Waals surface area (Å²) >= 11 is 0. The van der Waals surface area contributed by atoms with Gasteiger partial charge in [-0.05, 0) is 55.3 Å². The molecule has 0 bridgehead atoms. The predicted octanol–water partition coefficient (Wildman–Crippen LogP) is 4.35. The molecule has 1 N–H and O–H groups in total. The largest absolute Gasteiger partial charge is 0.496 e. The molecule has 3 unspecified atom stereocenters.